The van der Waals surface area contributed by atoms with Crippen LogP contribution in [-0.2, 0) is 21.3 Å². The van der Waals surface area contributed by atoms with Crippen molar-refractivity contribution in [2.75, 3.05) is 20.2 Å². The second-order valence-electron chi connectivity index (χ2n) is 8.68. The highest BCUT2D eigenvalue weighted by Crippen LogP contribution is 2.29. The molecule has 3 heterocycles. The lowest BCUT2D eigenvalue weighted by atomic mass is 9.99. The molecule has 2 aromatic carbocycles. The van der Waals surface area contributed by atoms with Gasteiger partial charge in [0.15, 0.2) is 11.2 Å². The Bertz CT molecular complexity index is 1630. The molecule has 1 saturated heterocycles. The van der Waals surface area contributed by atoms with E-state index in [0.29, 0.717) is 35.9 Å². The number of fused-ring (bicyclic) bond motifs is 1. The van der Waals surface area contributed by atoms with Crippen LogP contribution in [0.4, 0.5) is 0 Å². The summed E-state index contributed by atoms with van der Waals surface area (Å²) in [5.41, 5.74) is 1.02. The number of sulfonamides is 1. The molecule has 4 aromatic rings. The van der Waals surface area contributed by atoms with Crippen LogP contribution in [0.1, 0.15) is 40.5 Å². The van der Waals surface area contributed by atoms with Crippen molar-refractivity contribution >= 4 is 38.8 Å². The molecule has 1 aliphatic heterocycles. The Balaban J connectivity index is 1.42. The summed E-state index contributed by atoms with van der Waals surface area (Å²) in [6.07, 6.45) is 1.23. The van der Waals surface area contributed by atoms with Crippen LogP contribution in [-0.4, -0.2) is 63.9 Å². The number of aromatic amines is 1. The molecular weight excluding hydrogens is 520 g/mol. The number of aromatic nitrogens is 5. The number of halogens is 1. The molecule has 0 amide bonds. The van der Waals surface area contributed by atoms with Crippen molar-refractivity contribution in [1.82, 2.24) is 29.3 Å². The maximum atomic E-state index is 13.3. The quantitative estimate of drug-likeness (QED) is 0.367. The minimum atomic E-state index is -3.83. The van der Waals surface area contributed by atoms with Crippen molar-refractivity contribution in [1.29, 1.82) is 0 Å². The third-order valence-corrected chi connectivity index (χ3v) is 8.60. The Labute approximate surface area is 217 Å². The van der Waals surface area contributed by atoms with E-state index >= 15 is 0 Å². The predicted molar refractivity (Wildman–Crippen MR) is 135 cm³/mol. The van der Waals surface area contributed by atoms with E-state index in [9.17, 15) is 18.0 Å². The van der Waals surface area contributed by atoms with Gasteiger partial charge in [-0.3, -0.25) is 4.79 Å². The summed E-state index contributed by atoms with van der Waals surface area (Å²) >= 11 is 6.28. The Morgan fingerprint density at radius 3 is 2.68 bits per heavy atom. The Morgan fingerprint density at radius 1 is 1.19 bits per heavy atom. The number of rotatable bonds is 6. The molecule has 0 bridgehead atoms. The minimum absolute atomic E-state index is 0.0692. The van der Waals surface area contributed by atoms with Crippen molar-refractivity contribution in [2.45, 2.75) is 30.2 Å². The number of carbonyl (C=O) groups is 1. The molecule has 37 heavy (non-hydrogen) atoms. The highest BCUT2D eigenvalue weighted by atomic mass is 35.5. The molecule has 0 saturated carbocycles. The number of methoxy groups -OCH3 is 1. The molecule has 1 atom stereocenters. The van der Waals surface area contributed by atoms with Gasteiger partial charge in [-0.15, -0.1) is 5.10 Å². The number of piperidine rings is 1. The topological polar surface area (TPSA) is 140 Å². The number of benzene rings is 2. The third kappa shape index (κ3) is 4.87. The fourth-order valence-corrected chi connectivity index (χ4v) is 6.10. The summed E-state index contributed by atoms with van der Waals surface area (Å²) in [5, 5.41) is 8.62. The molecular formula is C24H23ClN6O5S. The van der Waals surface area contributed by atoms with Gasteiger partial charge in [-0.25, -0.2) is 22.9 Å². The van der Waals surface area contributed by atoms with E-state index in [1.807, 2.05) is 18.2 Å². The largest absolute Gasteiger partial charge is 0.465 e. The second kappa shape index (κ2) is 10.0. The minimum Gasteiger partial charge on any atom is -0.465 e. The normalized spacial score (nSPS) is 16.6. The Morgan fingerprint density at radius 2 is 1.95 bits per heavy atom. The highest BCUT2D eigenvalue weighted by Gasteiger charge is 2.32. The van der Waals surface area contributed by atoms with Crippen molar-refractivity contribution < 1.29 is 17.9 Å². The van der Waals surface area contributed by atoms with Gasteiger partial charge in [-0.1, -0.05) is 35.0 Å². The zero-order valence-corrected chi connectivity index (χ0v) is 21.4. The molecule has 13 heteroatoms. The molecule has 1 aliphatic rings. The van der Waals surface area contributed by atoms with Gasteiger partial charge in [0, 0.05) is 24.0 Å². The van der Waals surface area contributed by atoms with Crippen LogP contribution in [0, 0.1) is 0 Å². The van der Waals surface area contributed by atoms with E-state index in [1.54, 1.807) is 6.07 Å². The number of esters is 1. The molecule has 0 radical (unpaired) electrons. The van der Waals surface area contributed by atoms with Crippen LogP contribution in [0.15, 0.2) is 58.2 Å². The second-order valence-corrected chi connectivity index (χ2v) is 11.0. The van der Waals surface area contributed by atoms with E-state index in [-0.39, 0.29) is 35.0 Å². The van der Waals surface area contributed by atoms with E-state index in [1.165, 1.54) is 40.4 Å². The van der Waals surface area contributed by atoms with Gasteiger partial charge < -0.3 is 9.72 Å². The first-order chi connectivity index (χ1) is 17.8. The molecule has 1 unspecified atom stereocenters. The third-order valence-electron chi connectivity index (χ3n) is 6.35. The van der Waals surface area contributed by atoms with Gasteiger partial charge in [0.05, 0.1) is 24.1 Å². The summed E-state index contributed by atoms with van der Waals surface area (Å²) < 4.78 is 34.2. The zero-order chi connectivity index (χ0) is 26.2. The smallest absolute Gasteiger partial charge is 0.337 e. The summed E-state index contributed by atoms with van der Waals surface area (Å²) in [5.74, 6) is -0.504. The standard InChI is InChI=1S/C24H23ClN6O5S/c1-36-24(33)15-8-10-18(11-9-15)37(34,35)30-12-4-6-17(13-30)21-26-22-20(23(32)27-21)28-29-31(22)14-16-5-2-3-7-19(16)25/h2-3,5,7-11,17H,4,6,12-14H2,1H3,(H,26,27,32). The maximum Gasteiger partial charge on any atom is 0.337 e. The van der Waals surface area contributed by atoms with Crippen molar-refractivity contribution in [2.24, 2.45) is 0 Å². The lowest BCUT2D eigenvalue weighted by Gasteiger charge is -2.31. The first-order valence-electron chi connectivity index (χ1n) is 11.5. The number of nitrogens with zero attached hydrogens (tertiary/aromatic N) is 5. The van der Waals surface area contributed by atoms with Gasteiger partial charge in [0.25, 0.3) is 5.56 Å². The average molecular weight is 543 g/mol. The van der Waals surface area contributed by atoms with Crippen LogP contribution >= 0.6 is 11.6 Å². The van der Waals surface area contributed by atoms with Crippen molar-refractivity contribution in [3.63, 3.8) is 0 Å². The number of ether oxygens (including phenoxy) is 1. The molecule has 0 spiro atoms. The fourth-order valence-electron chi connectivity index (χ4n) is 4.38. The van der Waals surface area contributed by atoms with Crippen LogP contribution < -0.4 is 5.56 Å². The van der Waals surface area contributed by atoms with E-state index in [4.69, 9.17) is 11.6 Å². The van der Waals surface area contributed by atoms with Crippen LogP contribution in [0.5, 0.6) is 0 Å². The number of nitrogens with one attached hydrogen (secondary N) is 1. The summed E-state index contributed by atoms with van der Waals surface area (Å²) in [6.45, 7) is 0.747. The van der Waals surface area contributed by atoms with Gasteiger partial charge in [0.1, 0.15) is 5.82 Å². The number of hydrogen-bond donors (Lipinski definition) is 1. The first kappa shape index (κ1) is 25.1. The van der Waals surface area contributed by atoms with E-state index < -0.39 is 21.6 Å². The average Bonchev–Trinajstić information content (AvgIpc) is 3.33. The van der Waals surface area contributed by atoms with Gasteiger partial charge in [-0.05, 0) is 48.7 Å². The molecule has 2 aromatic heterocycles. The van der Waals surface area contributed by atoms with Crippen LogP contribution in [0.3, 0.4) is 0 Å². The van der Waals surface area contributed by atoms with Gasteiger partial charge >= 0.3 is 5.97 Å². The Hall–Kier alpha value is -3.61. The lowest BCUT2D eigenvalue weighted by Crippen LogP contribution is -2.39. The predicted octanol–water partition coefficient (Wildman–Crippen LogP) is 2.57. The number of carbonyl (C=O) groups excluding carboxylic acids is 1. The molecule has 192 valence electrons. The molecule has 0 aliphatic carbocycles. The van der Waals surface area contributed by atoms with Crippen LogP contribution in [0.25, 0.3) is 11.2 Å². The summed E-state index contributed by atoms with van der Waals surface area (Å²) in [7, 11) is -2.57. The SMILES string of the molecule is COC(=O)c1ccc(S(=O)(=O)N2CCCC(c3nc4c(nnn4Cc4ccccc4Cl)c(=O)[nH]3)C2)cc1. The lowest BCUT2D eigenvalue weighted by molar-refractivity contribution is 0.0600. The maximum absolute atomic E-state index is 13.3. The molecule has 11 nitrogen and oxygen atoms in total. The summed E-state index contributed by atoms with van der Waals surface area (Å²) in [4.78, 5) is 31.9. The summed E-state index contributed by atoms with van der Waals surface area (Å²) in [6, 6.07) is 12.9. The first-order valence-corrected chi connectivity index (χ1v) is 13.3. The van der Waals surface area contributed by atoms with Crippen molar-refractivity contribution in [3.05, 3.63) is 80.9 Å². The monoisotopic (exact) mass is 542 g/mol. The van der Waals surface area contributed by atoms with Crippen LogP contribution in [0.2, 0.25) is 5.02 Å². The Kier molecular flexibility index (Phi) is 6.80. The van der Waals surface area contributed by atoms with Crippen molar-refractivity contribution in [3.8, 4) is 0 Å². The fraction of sp³-hybridized carbons (Fsp3) is 0.292. The van der Waals surface area contributed by atoms with E-state index in [2.05, 4.69) is 25.0 Å². The van der Waals surface area contributed by atoms with Gasteiger partial charge in [-0.2, -0.15) is 4.31 Å². The molecule has 5 rings (SSSR count). The number of hydrogen-bond acceptors (Lipinski definition) is 8. The molecule has 1 fully saturated rings. The number of H-pyrrole nitrogens is 1. The molecule has 1 N–H and O–H groups in total. The zero-order valence-electron chi connectivity index (χ0n) is 19.8. The van der Waals surface area contributed by atoms with Gasteiger partial charge in [0.2, 0.25) is 10.0 Å². The van der Waals surface area contributed by atoms with E-state index in [0.717, 1.165) is 5.56 Å². The highest BCUT2D eigenvalue weighted by molar-refractivity contribution is 7.89.